The summed E-state index contributed by atoms with van der Waals surface area (Å²) in [6, 6.07) is 20.1. The quantitative estimate of drug-likeness (QED) is 0.534. The third-order valence-corrected chi connectivity index (χ3v) is 4.64. The summed E-state index contributed by atoms with van der Waals surface area (Å²) < 4.78 is 16.9. The Morgan fingerprint density at radius 2 is 1.82 bits per heavy atom. The molecule has 3 aromatic rings. The fraction of sp³-hybridized carbons (Fsp3) is 0.0870. The Bertz CT molecular complexity index is 1050. The van der Waals surface area contributed by atoms with Crippen molar-refractivity contribution in [3.05, 3.63) is 94.2 Å². The van der Waals surface area contributed by atoms with Crippen LogP contribution in [0.3, 0.4) is 0 Å². The average molecular weight is 393 g/mol. The SMILES string of the molecule is COc1ccccc1C=C1Oc2cc(OCc3ccc(Cl)cc3)ccc2C1=O. The number of carbonyl (C=O) groups excluding carboxylic acids is 1. The number of para-hydroxylation sites is 1. The van der Waals surface area contributed by atoms with Crippen molar-refractivity contribution < 1.29 is 19.0 Å². The minimum atomic E-state index is -0.162. The summed E-state index contributed by atoms with van der Waals surface area (Å²) >= 11 is 5.89. The second kappa shape index (κ2) is 7.79. The van der Waals surface area contributed by atoms with E-state index in [9.17, 15) is 4.79 Å². The molecule has 0 atom stereocenters. The number of allylic oxidation sites excluding steroid dienone is 1. The molecule has 4 nitrogen and oxygen atoms in total. The zero-order valence-corrected chi connectivity index (χ0v) is 15.9. The molecule has 0 bridgehead atoms. The zero-order valence-electron chi connectivity index (χ0n) is 15.1. The first-order valence-corrected chi connectivity index (χ1v) is 9.10. The van der Waals surface area contributed by atoms with Gasteiger partial charge in [-0.3, -0.25) is 4.79 Å². The highest BCUT2D eigenvalue weighted by Crippen LogP contribution is 2.35. The second-order valence-electron chi connectivity index (χ2n) is 6.25. The predicted molar refractivity (Wildman–Crippen MR) is 108 cm³/mol. The molecule has 0 aliphatic carbocycles. The molecule has 1 heterocycles. The standard InChI is InChI=1S/C23H17ClO4/c1-26-20-5-3-2-4-16(20)12-22-23(25)19-11-10-18(13-21(19)28-22)27-14-15-6-8-17(24)9-7-15/h2-13H,14H2,1H3. The van der Waals surface area contributed by atoms with E-state index in [4.69, 9.17) is 25.8 Å². The maximum absolute atomic E-state index is 12.6. The molecule has 0 saturated heterocycles. The number of ketones is 1. The number of rotatable bonds is 5. The van der Waals surface area contributed by atoms with Crippen molar-refractivity contribution >= 4 is 23.5 Å². The third kappa shape index (κ3) is 3.73. The normalized spacial score (nSPS) is 13.9. The molecule has 0 N–H and O–H groups in total. The number of hydrogen-bond acceptors (Lipinski definition) is 4. The second-order valence-corrected chi connectivity index (χ2v) is 6.69. The highest BCUT2D eigenvalue weighted by atomic mass is 35.5. The largest absolute Gasteiger partial charge is 0.496 e. The van der Waals surface area contributed by atoms with Crippen molar-refractivity contribution in [3.8, 4) is 17.2 Å². The maximum atomic E-state index is 12.6. The van der Waals surface area contributed by atoms with Gasteiger partial charge < -0.3 is 14.2 Å². The minimum Gasteiger partial charge on any atom is -0.496 e. The van der Waals surface area contributed by atoms with Crippen LogP contribution in [-0.4, -0.2) is 12.9 Å². The van der Waals surface area contributed by atoms with Gasteiger partial charge in [-0.2, -0.15) is 0 Å². The van der Waals surface area contributed by atoms with E-state index in [-0.39, 0.29) is 11.5 Å². The summed E-state index contributed by atoms with van der Waals surface area (Å²) in [5.41, 5.74) is 2.29. The molecular weight excluding hydrogens is 376 g/mol. The molecule has 1 aliphatic heterocycles. The monoisotopic (exact) mass is 392 g/mol. The van der Waals surface area contributed by atoms with Gasteiger partial charge in [0.15, 0.2) is 5.76 Å². The van der Waals surface area contributed by atoms with Crippen molar-refractivity contribution in [1.82, 2.24) is 0 Å². The molecule has 28 heavy (non-hydrogen) atoms. The fourth-order valence-corrected chi connectivity index (χ4v) is 3.06. The van der Waals surface area contributed by atoms with Crippen molar-refractivity contribution in [2.75, 3.05) is 7.11 Å². The van der Waals surface area contributed by atoms with E-state index in [1.165, 1.54) is 0 Å². The molecule has 1 aliphatic rings. The fourth-order valence-electron chi connectivity index (χ4n) is 2.93. The number of halogens is 1. The Morgan fingerprint density at radius 3 is 2.61 bits per heavy atom. The highest BCUT2D eigenvalue weighted by molar-refractivity contribution is 6.30. The first-order valence-electron chi connectivity index (χ1n) is 8.72. The third-order valence-electron chi connectivity index (χ3n) is 4.39. The number of hydrogen-bond donors (Lipinski definition) is 0. The van der Waals surface area contributed by atoms with Crippen molar-refractivity contribution in [2.24, 2.45) is 0 Å². The van der Waals surface area contributed by atoms with E-state index >= 15 is 0 Å². The van der Waals surface area contributed by atoms with Crippen molar-refractivity contribution in [3.63, 3.8) is 0 Å². The summed E-state index contributed by atoms with van der Waals surface area (Å²) in [6.45, 7) is 0.397. The molecule has 5 heteroatoms. The molecule has 0 amide bonds. The van der Waals surface area contributed by atoms with Crippen LogP contribution in [0.15, 0.2) is 72.5 Å². The molecule has 140 valence electrons. The first kappa shape index (κ1) is 18.1. The maximum Gasteiger partial charge on any atom is 0.231 e. The van der Waals surface area contributed by atoms with Crippen LogP contribution in [0.2, 0.25) is 5.02 Å². The number of benzene rings is 3. The molecule has 0 saturated carbocycles. The van der Waals surface area contributed by atoms with Crippen LogP contribution < -0.4 is 14.2 Å². The van der Waals surface area contributed by atoms with Crippen LogP contribution in [0.5, 0.6) is 17.2 Å². The van der Waals surface area contributed by atoms with Crippen LogP contribution in [0.1, 0.15) is 21.5 Å². The van der Waals surface area contributed by atoms with E-state index in [0.29, 0.717) is 34.4 Å². The van der Waals surface area contributed by atoms with Gasteiger partial charge in [-0.15, -0.1) is 0 Å². The molecule has 4 rings (SSSR count). The van der Waals surface area contributed by atoms with Gasteiger partial charge in [0.2, 0.25) is 5.78 Å². The molecule has 0 unspecified atom stereocenters. The molecule has 3 aromatic carbocycles. The topological polar surface area (TPSA) is 44.8 Å². The van der Waals surface area contributed by atoms with Gasteiger partial charge in [0.25, 0.3) is 0 Å². The van der Waals surface area contributed by atoms with Crippen LogP contribution in [0.4, 0.5) is 0 Å². The number of methoxy groups -OCH3 is 1. The molecule has 0 fully saturated rings. The minimum absolute atomic E-state index is 0.162. The van der Waals surface area contributed by atoms with Crippen molar-refractivity contribution in [2.45, 2.75) is 6.61 Å². The van der Waals surface area contributed by atoms with Gasteiger partial charge >= 0.3 is 0 Å². The van der Waals surface area contributed by atoms with Crippen LogP contribution >= 0.6 is 11.6 Å². The zero-order chi connectivity index (χ0) is 19.5. The summed E-state index contributed by atoms with van der Waals surface area (Å²) in [7, 11) is 1.59. The van der Waals surface area contributed by atoms with Gasteiger partial charge in [0.1, 0.15) is 23.9 Å². The molecular formula is C23H17ClO4. The van der Waals surface area contributed by atoms with E-state index in [2.05, 4.69) is 0 Å². The average Bonchev–Trinajstić information content (AvgIpc) is 3.03. The van der Waals surface area contributed by atoms with Crippen LogP contribution in [-0.2, 0) is 6.61 Å². The van der Waals surface area contributed by atoms with E-state index in [0.717, 1.165) is 11.1 Å². The van der Waals surface area contributed by atoms with E-state index in [1.807, 2.05) is 48.5 Å². The number of fused-ring (bicyclic) bond motifs is 1. The number of ether oxygens (including phenoxy) is 3. The van der Waals surface area contributed by atoms with Gasteiger partial charge in [-0.05, 0) is 42.0 Å². The van der Waals surface area contributed by atoms with Gasteiger partial charge in [0.05, 0.1) is 12.7 Å². The van der Waals surface area contributed by atoms with Crippen LogP contribution in [0.25, 0.3) is 6.08 Å². The Morgan fingerprint density at radius 1 is 1.04 bits per heavy atom. The number of carbonyl (C=O) groups is 1. The molecule has 0 aromatic heterocycles. The van der Waals surface area contributed by atoms with Gasteiger partial charge in [-0.1, -0.05) is 41.9 Å². The van der Waals surface area contributed by atoms with E-state index < -0.39 is 0 Å². The Balaban J connectivity index is 1.52. The molecule has 0 spiro atoms. The summed E-state index contributed by atoms with van der Waals surface area (Å²) in [5, 5.41) is 0.683. The summed E-state index contributed by atoms with van der Waals surface area (Å²) in [5.74, 6) is 1.88. The lowest BCUT2D eigenvalue weighted by molar-refractivity contribution is 0.101. The lowest BCUT2D eigenvalue weighted by Gasteiger charge is -2.07. The lowest BCUT2D eigenvalue weighted by atomic mass is 10.1. The summed E-state index contributed by atoms with van der Waals surface area (Å²) in [6.07, 6.45) is 1.69. The first-order chi connectivity index (χ1) is 13.6. The van der Waals surface area contributed by atoms with Gasteiger partial charge in [-0.25, -0.2) is 0 Å². The van der Waals surface area contributed by atoms with E-state index in [1.54, 1.807) is 31.4 Å². The smallest absolute Gasteiger partial charge is 0.231 e. The van der Waals surface area contributed by atoms with Crippen LogP contribution in [0, 0.1) is 0 Å². The molecule has 0 radical (unpaired) electrons. The number of Topliss-reactive ketones (excluding diaryl/α,β-unsaturated/α-hetero) is 1. The van der Waals surface area contributed by atoms with Gasteiger partial charge in [0, 0.05) is 16.7 Å². The highest BCUT2D eigenvalue weighted by Gasteiger charge is 2.28. The Hall–Kier alpha value is -3.24. The lowest BCUT2D eigenvalue weighted by Crippen LogP contribution is -1.98. The Labute approximate surface area is 167 Å². The Kier molecular flexibility index (Phi) is 5.04. The summed E-state index contributed by atoms with van der Waals surface area (Å²) in [4.78, 5) is 12.6. The predicted octanol–water partition coefficient (Wildman–Crippen LogP) is 5.54. The van der Waals surface area contributed by atoms with Crippen molar-refractivity contribution in [1.29, 1.82) is 0 Å².